The van der Waals surface area contributed by atoms with Crippen LogP contribution in [0.5, 0.6) is 11.5 Å². The number of piperidine rings is 1. The number of phenols is 1. The fourth-order valence-electron chi connectivity index (χ4n) is 2.67. The van der Waals surface area contributed by atoms with Crippen LogP contribution >= 0.6 is 0 Å². The first kappa shape index (κ1) is 14.1. The molecule has 2 aliphatic heterocycles. The maximum atomic E-state index is 12.4. The number of fused-ring (bicyclic) bond motifs is 1. The van der Waals surface area contributed by atoms with E-state index in [4.69, 9.17) is 4.74 Å². The van der Waals surface area contributed by atoms with Crippen LogP contribution in [-0.2, 0) is 9.59 Å². The normalized spacial score (nSPS) is 21.0. The van der Waals surface area contributed by atoms with Gasteiger partial charge in [-0.1, -0.05) is 0 Å². The maximum absolute atomic E-state index is 12.4. The number of carbonyl (C=O) groups excluding carboxylic acids is 4. The van der Waals surface area contributed by atoms with E-state index in [1.165, 1.54) is 19.2 Å². The average Bonchev–Trinajstić information content (AvgIpc) is 2.72. The van der Waals surface area contributed by atoms with Crippen LogP contribution in [0.4, 0.5) is 0 Å². The summed E-state index contributed by atoms with van der Waals surface area (Å²) < 4.78 is 4.95. The second-order valence-electron chi connectivity index (χ2n) is 5.02. The molecule has 1 fully saturated rings. The summed E-state index contributed by atoms with van der Waals surface area (Å²) in [7, 11) is 1.36. The molecule has 2 N–H and O–H groups in total. The molecule has 114 valence electrons. The molecule has 0 bridgehead atoms. The molecule has 2 heterocycles. The van der Waals surface area contributed by atoms with Gasteiger partial charge in [0.05, 0.1) is 18.2 Å². The van der Waals surface area contributed by atoms with Gasteiger partial charge in [-0.15, -0.1) is 0 Å². The number of carbonyl (C=O) groups is 4. The summed E-state index contributed by atoms with van der Waals surface area (Å²) in [6.07, 6.45) is 0.104. The number of hydrogen-bond acceptors (Lipinski definition) is 6. The Balaban J connectivity index is 2.02. The average molecular weight is 304 g/mol. The first-order valence-electron chi connectivity index (χ1n) is 6.56. The predicted octanol–water partition coefficient (Wildman–Crippen LogP) is -0.198. The van der Waals surface area contributed by atoms with Gasteiger partial charge in [-0.2, -0.15) is 0 Å². The van der Waals surface area contributed by atoms with Crippen molar-refractivity contribution >= 4 is 23.6 Å². The Morgan fingerprint density at radius 1 is 1.23 bits per heavy atom. The molecule has 1 unspecified atom stereocenters. The molecular formula is C14H12N2O6. The van der Waals surface area contributed by atoms with Crippen molar-refractivity contribution in [2.75, 3.05) is 7.11 Å². The molecule has 1 atom stereocenters. The number of ether oxygens (including phenoxy) is 1. The van der Waals surface area contributed by atoms with Gasteiger partial charge in [-0.3, -0.25) is 29.4 Å². The van der Waals surface area contributed by atoms with Gasteiger partial charge in [0.2, 0.25) is 11.8 Å². The van der Waals surface area contributed by atoms with E-state index < -0.39 is 29.7 Å². The van der Waals surface area contributed by atoms with Gasteiger partial charge in [0.25, 0.3) is 11.8 Å². The van der Waals surface area contributed by atoms with Gasteiger partial charge in [-0.05, 0) is 12.5 Å². The molecule has 0 radical (unpaired) electrons. The van der Waals surface area contributed by atoms with Crippen molar-refractivity contribution in [3.63, 3.8) is 0 Å². The fourth-order valence-corrected chi connectivity index (χ4v) is 2.67. The second kappa shape index (κ2) is 4.83. The van der Waals surface area contributed by atoms with E-state index in [0.717, 1.165) is 4.90 Å². The molecule has 1 aromatic carbocycles. The number of methoxy groups -OCH3 is 1. The number of aromatic hydroxyl groups is 1. The number of hydrogen-bond donors (Lipinski definition) is 2. The lowest BCUT2D eigenvalue weighted by molar-refractivity contribution is -0.136. The summed E-state index contributed by atoms with van der Waals surface area (Å²) in [6, 6.07) is 1.49. The maximum Gasteiger partial charge on any atom is 0.266 e. The molecule has 1 saturated heterocycles. The Kier molecular flexibility index (Phi) is 3.09. The smallest absolute Gasteiger partial charge is 0.266 e. The van der Waals surface area contributed by atoms with Gasteiger partial charge in [0.1, 0.15) is 17.5 Å². The van der Waals surface area contributed by atoms with Crippen LogP contribution in [0.1, 0.15) is 33.6 Å². The number of imide groups is 2. The quantitative estimate of drug-likeness (QED) is 0.732. The number of rotatable bonds is 2. The van der Waals surface area contributed by atoms with Crippen LogP contribution in [-0.4, -0.2) is 46.8 Å². The molecule has 1 aromatic rings. The van der Waals surface area contributed by atoms with E-state index in [-0.39, 0.29) is 35.5 Å². The zero-order chi connectivity index (χ0) is 16.0. The van der Waals surface area contributed by atoms with Crippen molar-refractivity contribution in [3.05, 3.63) is 23.3 Å². The molecule has 8 heteroatoms. The number of nitrogens with zero attached hydrogens (tertiary/aromatic N) is 1. The Morgan fingerprint density at radius 3 is 2.59 bits per heavy atom. The Bertz CT molecular complexity index is 726. The standard InChI is InChI=1S/C14H12N2O6/c1-22-6-4-7-11(9(17)5-6)14(21)16(13(7)20)8-2-3-10(18)15-12(8)19/h4-5,8,17H,2-3H2,1H3,(H,15,18,19). The van der Waals surface area contributed by atoms with Gasteiger partial charge in [0, 0.05) is 12.5 Å². The van der Waals surface area contributed by atoms with Crippen LogP contribution in [0.15, 0.2) is 12.1 Å². The van der Waals surface area contributed by atoms with Crippen molar-refractivity contribution in [3.8, 4) is 11.5 Å². The lowest BCUT2D eigenvalue weighted by Gasteiger charge is -2.27. The monoisotopic (exact) mass is 304 g/mol. The lowest BCUT2D eigenvalue weighted by Crippen LogP contribution is -2.54. The highest BCUT2D eigenvalue weighted by molar-refractivity contribution is 6.24. The molecule has 2 aliphatic rings. The van der Waals surface area contributed by atoms with Gasteiger partial charge >= 0.3 is 0 Å². The molecule has 8 nitrogen and oxygen atoms in total. The van der Waals surface area contributed by atoms with Crippen molar-refractivity contribution in [1.82, 2.24) is 10.2 Å². The minimum absolute atomic E-state index is 0.0217. The van der Waals surface area contributed by atoms with E-state index in [0.29, 0.717) is 0 Å². The second-order valence-corrected chi connectivity index (χ2v) is 5.02. The number of amides is 4. The number of benzene rings is 1. The lowest BCUT2D eigenvalue weighted by atomic mass is 10.0. The number of phenolic OH excluding ortho intramolecular Hbond substituents is 1. The van der Waals surface area contributed by atoms with E-state index in [9.17, 15) is 24.3 Å². The van der Waals surface area contributed by atoms with Crippen LogP contribution in [0, 0.1) is 0 Å². The largest absolute Gasteiger partial charge is 0.507 e. The third kappa shape index (κ3) is 1.92. The molecule has 3 rings (SSSR count). The van der Waals surface area contributed by atoms with E-state index in [1.807, 2.05) is 0 Å². The summed E-state index contributed by atoms with van der Waals surface area (Å²) in [4.78, 5) is 48.7. The molecule has 0 spiro atoms. The van der Waals surface area contributed by atoms with E-state index in [1.54, 1.807) is 0 Å². The first-order valence-corrected chi connectivity index (χ1v) is 6.56. The van der Waals surface area contributed by atoms with Crippen LogP contribution in [0.2, 0.25) is 0 Å². The summed E-state index contributed by atoms with van der Waals surface area (Å²) in [5, 5.41) is 12.0. The van der Waals surface area contributed by atoms with E-state index >= 15 is 0 Å². The zero-order valence-electron chi connectivity index (χ0n) is 11.6. The highest BCUT2D eigenvalue weighted by Gasteiger charge is 2.46. The van der Waals surface area contributed by atoms with Crippen molar-refractivity contribution in [1.29, 1.82) is 0 Å². The molecule has 22 heavy (non-hydrogen) atoms. The molecule has 0 saturated carbocycles. The van der Waals surface area contributed by atoms with Crippen molar-refractivity contribution in [2.45, 2.75) is 18.9 Å². The van der Waals surface area contributed by atoms with Gasteiger partial charge < -0.3 is 9.84 Å². The van der Waals surface area contributed by atoms with Crippen LogP contribution < -0.4 is 10.1 Å². The Morgan fingerprint density at radius 2 is 1.95 bits per heavy atom. The summed E-state index contributed by atoms with van der Waals surface area (Å²) >= 11 is 0. The summed E-state index contributed by atoms with van der Waals surface area (Å²) in [5.41, 5.74) is -0.179. The molecule has 4 amide bonds. The van der Waals surface area contributed by atoms with Gasteiger partial charge in [0.15, 0.2) is 0 Å². The summed E-state index contributed by atoms with van der Waals surface area (Å²) in [6.45, 7) is 0. The highest BCUT2D eigenvalue weighted by Crippen LogP contribution is 2.36. The number of nitrogens with one attached hydrogen (secondary N) is 1. The van der Waals surface area contributed by atoms with E-state index in [2.05, 4.69) is 5.32 Å². The minimum atomic E-state index is -1.06. The van der Waals surface area contributed by atoms with Gasteiger partial charge in [-0.25, -0.2) is 0 Å². The minimum Gasteiger partial charge on any atom is -0.507 e. The first-order chi connectivity index (χ1) is 10.4. The fraction of sp³-hybridized carbons (Fsp3) is 0.286. The van der Waals surface area contributed by atoms with Crippen molar-refractivity contribution < 1.29 is 29.0 Å². The molecule has 0 aliphatic carbocycles. The Labute approximate surface area is 124 Å². The van der Waals surface area contributed by atoms with Crippen LogP contribution in [0.3, 0.4) is 0 Å². The Hall–Kier alpha value is -2.90. The van der Waals surface area contributed by atoms with Crippen LogP contribution in [0.25, 0.3) is 0 Å². The topological polar surface area (TPSA) is 113 Å². The SMILES string of the molecule is COc1cc(O)c2c(c1)C(=O)N(C1CCC(=O)NC1=O)C2=O. The molecular weight excluding hydrogens is 292 g/mol. The predicted molar refractivity (Wildman–Crippen MR) is 71.3 cm³/mol. The third-order valence-electron chi connectivity index (χ3n) is 3.73. The summed E-state index contributed by atoms with van der Waals surface area (Å²) in [5.74, 6) is -2.75. The zero-order valence-corrected chi connectivity index (χ0v) is 11.6. The molecule has 0 aromatic heterocycles. The highest BCUT2D eigenvalue weighted by atomic mass is 16.5. The third-order valence-corrected chi connectivity index (χ3v) is 3.73. The van der Waals surface area contributed by atoms with Crippen molar-refractivity contribution in [2.24, 2.45) is 0 Å².